The summed E-state index contributed by atoms with van der Waals surface area (Å²) in [7, 11) is 0. The summed E-state index contributed by atoms with van der Waals surface area (Å²) in [6.07, 6.45) is 13.4. The summed E-state index contributed by atoms with van der Waals surface area (Å²) in [5.41, 5.74) is 0.573. The summed E-state index contributed by atoms with van der Waals surface area (Å²) in [6.45, 7) is 1.12. The van der Waals surface area contributed by atoms with Gasteiger partial charge in [-0.3, -0.25) is 0 Å². The Kier molecular flexibility index (Phi) is 8.40. The Bertz CT molecular complexity index is 707. The minimum atomic E-state index is -0.516. The molecule has 0 atom stereocenters. The number of ether oxygens (including phenoxy) is 3. The molecule has 0 N–H and O–H groups in total. The lowest BCUT2D eigenvalue weighted by Crippen LogP contribution is -2.17. The van der Waals surface area contributed by atoms with Crippen LogP contribution in [-0.4, -0.2) is 37.7 Å². The van der Waals surface area contributed by atoms with Crippen molar-refractivity contribution in [2.75, 3.05) is 19.8 Å². The Labute approximate surface area is 196 Å². The van der Waals surface area contributed by atoms with Gasteiger partial charge in [-0.05, 0) is 74.5 Å². The largest absolute Gasteiger partial charge is 0.462 e. The number of esters is 3. The SMILES string of the molecule is O=C(OCC1CCCC1)c1cc(C(=O)OCC2CCCC2)cc(C(=O)OCC2CCCC2)c1. The Morgan fingerprint density at radius 1 is 0.515 bits per heavy atom. The van der Waals surface area contributed by atoms with Gasteiger partial charge in [0.15, 0.2) is 0 Å². The smallest absolute Gasteiger partial charge is 0.338 e. The molecular formula is C27H36O6. The average molecular weight is 457 g/mol. The minimum absolute atomic E-state index is 0.191. The van der Waals surface area contributed by atoms with Gasteiger partial charge in [-0.2, -0.15) is 0 Å². The first-order chi connectivity index (χ1) is 16.1. The number of carbonyl (C=O) groups excluding carboxylic acids is 3. The van der Waals surface area contributed by atoms with Gasteiger partial charge in [0.1, 0.15) is 0 Å². The monoisotopic (exact) mass is 456 g/mol. The second-order valence-electron chi connectivity index (χ2n) is 10.0. The third-order valence-electron chi connectivity index (χ3n) is 7.41. The van der Waals surface area contributed by atoms with Crippen molar-refractivity contribution < 1.29 is 28.6 Å². The highest BCUT2D eigenvalue weighted by atomic mass is 16.5. The van der Waals surface area contributed by atoms with Crippen molar-refractivity contribution in [1.82, 2.24) is 0 Å². The van der Waals surface area contributed by atoms with Crippen molar-refractivity contribution in [2.24, 2.45) is 17.8 Å². The van der Waals surface area contributed by atoms with Crippen LogP contribution in [0.3, 0.4) is 0 Å². The van der Waals surface area contributed by atoms with Crippen LogP contribution in [0.25, 0.3) is 0 Å². The first kappa shape index (κ1) is 23.8. The Balaban J connectivity index is 1.44. The molecule has 0 amide bonds. The third-order valence-corrected chi connectivity index (χ3v) is 7.41. The fourth-order valence-corrected chi connectivity index (χ4v) is 5.34. The standard InChI is InChI=1S/C27H36O6/c28-25(31-16-19-7-1-2-8-19)22-13-23(26(29)32-17-20-9-3-4-10-20)15-24(14-22)27(30)33-18-21-11-5-6-12-21/h13-15,19-21H,1-12,16-18H2. The van der Waals surface area contributed by atoms with Crippen molar-refractivity contribution in [3.63, 3.8) is 0 Å². The van der Waals surface area contributed by atoms with E-state index in [1.165, 1.54) is 56.7 Å². The van der Waals surface area contributed by atoms with Gasteiger partial charge in [0.05, 0.1) is 36.5 Å². The van der Waals surface area contributed by atoms with E-state index in [2.05, 4.69) is 0 Å². The zero-order chi connectivity index (χ0) is 23.0. The van der Waals surface area contributed by atoms with E-state index in [-0.39, 0.29) is 16.7 Å². The van der Waals surface area contributed by atoms with E-state index in [0.717, 1.165) is 38.5 Å². The molecule has 6 nitrogen and oxygen atoms in total. The Hall–Kier alpha value is -2.37. The molecule has 1 aromatic rings. The van der Waals surface area contributed by atoms with Crippen LogP contribution in [0.15, 0.2) is 18.2 Å². The van der Waals surface area contributed by atoms with Gasteiger partial charge >= 0.3 is 17.9 Å². The Morgan fingerprint density at radius 2 is 0.758 bits per heavy atom. The maximum Gasteiger partial charge on any atom is 0.338 e. The van der Waals surface area contributed by atoms with Crippen LogP contribution >= 0.6 is 0 Å². The lowest BCUT2D eigenvalue weighted by atomic mass is 10.0. The highest BCUT2D eigenvalue weighted by molar-refractivity contribution is 6.00. The molecule has 0 aromatic heterocycles. The second-order valence-corrected chi connectivity index (χ2v) is 10.0. The van der Waals surface area contributed by atoms with E-state index in [1.807, 2.05) is 0 Å². The maximum absolute atomic E-state index is 12.8. The number of hydrogen-bond acceptors (Lipinski definition) is 6. The van der Waals surface area contributed by atoms with Gasteiger partial charge in [0, 0.05) is 0 Å². The van der Waals surface area contributed by atoms with Crippen LogP contribution in [0.4, 0.5) is 0 Å². The normalized spacial score (nSPS) is 19.6. The lowest BCUT2D eigenvalue weighted by molar-refractivity contribution is 0.0438. The van der Waals surface area contributed by atoms with Crippen LogP contribution in [-0.2, 0) is 14.2 Å². The van der Waals surface area contributed by atoms with Crippen molar-refractivity contribution >= 4 is 17.9 Å². The van der Waals surface area contributed by atoms with Crippen molar-refractivity contribution in [1.29, 1.82) is 0 Å². The van der Waals surface area contributed by atoms with E-state index in [0.29, 0.717) is 37.6 Å². The summed E-state index contributed by atoms with van der Waals surface area (Å²) in [5, 5.41) is 0. The summed E-state index contributed by atoms with van der Waals surface area (Å²) >= 11 is 0. The van der Waals surface area contributed by atoms with E-state index >= 15 is 0 Å². The van der Waals surface area contributed by atoms with Crippen LogP contribution in [0, 0.1) is 17.8 Å². The third kappa shape index (κ3) is 6.81. The molecule has 3 aliphatic rings. The first-order valence-electron chi connectivity index (χ1n) is 12.7. The van der Waals surface area contributed by atoms with E-state index in [9.17, 15) is 14.4 Å². The fourth-order valence-electron chi connectivity index (χ4n) is 5.34. The van der Waals surface area contributed by atoms with E-state index < -0.39 is 17.9 Å². The molecule has 0 heterocycles. The lowest BCUT2D eigenvalue weighted by Gasteiger charge is -2.14. The molecule has 0 saturated heterocycles. The highest BCUT2D eigenvalue weighted by Gasteiger charge is 2.24. The van der Waals surface area contributed by atoms with Crippen molar-refractivity contribution in [3.05, 3.63) is 34.9 Å². The molecule has 0 spiro atoms. The van der Waals surface area contributed by atoms with Gasteiger partial charge < -0.3 is 14.2 Å². The molecule has 6 heteroatoms. The predicted octanol–water partition coefficient (Wildman–Crippen LogP) is 5.73. The molecule has 0 aliphatic heterocycles. The van der Waals surface area contributed by atoms with Crippen LogP contribution in [0.1, 0.15) is 108 Å². The van der Waals surface area contributed by atoms with Gasteiger partial charge in [-0.25, -0.2) is 14.4 Å². The molecule has 0 unspecified atom stereocenters. The molecular weight excluding hydrogens is 420 g/mol. The van der Waals surface area contributed by atoms with E-state index in [4.69, 9.17) is 14.2 Å². The summed E-state index contributed by atoms with van der Waals surface area (Å²) in [5.74, 6) is -0.371. The van der Waals surface area contributed by atoms with Crippen LogP contribution in [0.2, 0.25) is 0 Å². The Morgan fingerprint density at radius 3 is 1.00 bits per heavy atom. The van der Waals surface area contributed by atoms with Crippen molar-refractivity contribution in [3.8, 4) is 0 Å². The summed E-state index contributed by atoms with van der Waals surface area (Å²) in [4.78, 5) is 38.3. The number of rotatable bonds is 9. The maximum atomic E-state index is 12.8. The summed E-state index contributed by atoms with van der Waals surface area (Å²) < 4.78 is 16.6. The molecule has 1 aromatic carbocycles. The van der Waals surface area contributed by atoms with Gasteiger partial charge in [-0.15, -0.1) is 0 Å². The number of carbonyl (C=O) groups is 3. The first-order valence-corrected chi connectivity index (χ1v) is 12.7. The number of hydrogen-bond donors (Lipinski definition) is 0. The van der Waals surface area contributed by atoms with Gasteiger partial charge in [0.2, 0.25) is 0 Å². The zero-order valence-corrected chi connectivity index (χ0v) is 19.5. The quantitative estimate of drug-likeness (QED) is 0.349. The molecule has 4 rings (SSSR count). The second kappa shape index (κ2) is 11.7. The molecule has 3 saturated carbocycles. The molecule has 33 heavy (non-hydrogen) atoms. The molecule has 0 radical (unpaired) electrons. The highest BCUT2D eigenvalue weighted by Crippen LogP contribution is 2.27. The predicted molar refractivity (Wildman–Crippen MR) is 123 cm³/mol. The summed E-state index contributed by atoms with van der Waals surface area (Å²) in [6, 6.07) is 4.42. The van der Waals surface area contributed by atoms with Crippen molar-refractivity contribution in [2.45, 2.75) is 77.0 Å². The zero-order valence-electron chi connectivity index (χ0n) is 19.5. The fraction of sp³-hybridized carbons (Fsp3) is 0.667. The van der Waals surface area contributed by atoms with Crippen LogP contribution < -0.4 is 0 Å². The topological polar surface area (TPSA) is 78.9 Å². The van der Waals surface area contributed by atoms with Crippen LogP contribution in [0.5, 0.6) is 0 Å². The molecule has 3 aliphatic carbocycles. The molecule has 180 valence electrons. The van der Waals surface area contributed by atoms with E-state index in [1.54, 1.807) is 0 Å². The van der Waals surface area contributed by atoms with Gasteiger partial charge in [0.25, 0.3) is 0 Å². The van der Waals surface area contributed by atoms with Gasteiger partial charge in [-0.1, -0.05) is 38.5 Å². The minimum Gasteiger partial charge on any atom is -0.462 e. The molecule has 3 fully saturated rings. The molecule has 0 bridgehead atoms. The average Bonchev–Trinajstić information content (AvgIpc) is 3.63. The number of benzene rings is 1.